The molecule has 8 heteroatoms. The lowest BCUT2D eigenvalue weighted by atomic mass is 10.2. The maximum Gasteiger partial charge on any atom is 0.332 e. The molecule has 0 fully saturated rings. The number of imidazole rings is 1. The lowest BCUT2D eigenvalue weighted by Gasteiger charge is -2.06. The Morgan fingerprint density at radius 2 is 1.89 bits per heavy atom. The summed E-state index contributed by atoms with van der Waals surface area (Å²) in [6.07, 6.45) is 5.19. The highest BCUT2D eigenvalue weighted by Crippen LogP contribution is 2.07. The molecule has 0 unspecified atom stereocenters. The number of hydrogen-bond donors (Lipinski definition) is 0. The number of esters is 1. The van der Waals surface area contributed by atoms with Crippen LogP contribution in [-0.2, 0) is 30.2 Å². The van der Waals surface area contributed by atoms with Crippen LogP contribution in [0.4, 0.5) is 0 Å². The van der Waals surface area contributed by atoms with Crippen molar-refractivity contribution in [1.29, 1.82) is 0 Å². The third-order valence-electron chi connectivity index (χ3n) is 4.22. The number of aromatic nitrogens is 4. The van der Waals surface area contributed by atoms with E-state index in [4.69, 9.17) is 4.74 Å². The van der Waals surface area contributed by atoms with Gasteiger partial charge in [0.05, 0.1) is 12.7 Å². The van der Waals surface area contributed by atoms with Crippen molar-refractivity contribution in [2.24, 2.45) is 14.1 Å². The Hall–Kier alpha value is -3.42. The van der Waals surface area contributed by atoms with Crippen LogP contribution in [0.25, 0.3) is 17.2 Å². The molecule has 27 heavy (non-hydrogen) atoms. The van der Waals surface area contributed by atoms with Crippen molar-refractivity contribution in [1.82, 2.24) is 18.7 Å². The van der Waals surface area contributed by atoms with Gasteiger partial charge in [-0.25, -0.2) is 9.78 Å². The lowest BCUT2D eigenvalue weighted by molar-refractivity contribution is -0.142. The fourth-order valence-electron chi connectivity index (χ4n) is 2.74. The first-order valence-electron chi connectivity index (χ1n) is 8.47. The van der Waals surface area contributed by atoms with Gasteiger partial charge in [-0.15, -0.1) is 0 Å². The molecule has 0 aliphatic heterocycles. The average Bonchev–Trinajstić information content (AvgIpc) is 3.11. The maximum atomic E-state index is 12.3. The van der Waals surface area contributed by atoms with Gasteiger partial charge >= 0.3 is 11.7 Å². The van der Waals surface area contributed by atoms with E-state index in [2.05, 4.69) is 4.98 Å². The van der Waals surface area contributed by atoms with Crippen molar-refractivity contribution < 1.29 is 9.53 Å². The van der Waals surface area contributed by atoms with Crippen LogP contribution in [0, 0.1) is 0 Å². The van der Waals surface area contributed by atoms with Gasteiger partial charge < -0.3 is 9.30 Å². The predicted octanol–water partition coefficient (Wildman–Crippen LogP) is 1.08. The van der Waals surface area contributed by atoms with Gasteiger partial charge in [0, 0.05) is 20.6 Å². The zero-order chi connectivity index (χ0) is 19.4. The van der Waals surface area contributed by atoms with E-state index < -0.39 is 11.2 Å². The molecule has 0 amide bonds. The van der Waals surface area contributed by atoms with E-state index in [9.17, 15) is 14.4 Å². The number of carbonyl (C=O) groups excluding carboxylic acids is 1. The third kappa shape index (κ3) is 3.89. The summed E-state index contributed by atoms with van der Waals surface area (Å²) in [5.41, 5.74) is 0.727. The zero-order valence-electron chi connectivity index (χ0n) is 15.2. The van der Waals surface area contributed by atoms with Crippen molar-refractivity contribution in [3.05, 3.63) is 69.1 Å². The number of benzene rings is 1. The minimum absolute atomic E-state index is 0.0939. The fraction of sp³-hybridized carbons (Fsp3) is 0.263. The first-order valence-corrected chi connectivity index (χ1v) is 8.47. The quantitative estimate of drug-likeness (QED) is 0.608. The Bertz CT molecular complexity index is 1110. The van der Waals surface area contributed by atoms with Crippen molar-refractivity contribution in [2.45, 2.75) is 13.0 Å². The Kier molecular flexibility index (Phi) is 5.35. The molecule has 8 nitrogen and oxygen atoms in total. The second-order valence-electron chi connectivity index (χ2n) is 6.06. The summed E-state index contributed by atoms with van der Waals surface area (Å²) in [4.78, 5) is 40.3. The Morgan fingerprint density at radius 3 is 2.63 bits per heavy atom. The standard InChI is InChI=1S/C19H20N4O4/c1-21-17-16(18(25)22(2)19(21)26)23(13-20-17)11-10-15(24)27-12-6-9-14-7-4-3-5-8-14/h3-9,13H,10-12H2,1-2H3/b9-6+. The molecule has 0 bridgehead atoms. The van der Waals surface area contributed by atoms with Crippen molar-refractivity contribution in [2.75, 3.05) is 6.61 Å². The van der Waals surface area contributed by atoms with E-state index in [0.717, 1.165) is 10.1 Å². The molecule has 2 heterocycles. The normalized spacial score (nSPS) is 11.3. The molecular weight excluding hydrogens is 348 g/mol. The van der Waals surface area contributed by atoms with E-state index in [1.165, 1.54) is 17.9 Å². The van der Waals surface area contributed by atoms with Crippen LogP contribution in [0.3, 0.4) is 0 Å². The lowest BCUT2D eigenvalue weighted by Crippen LogP contribution is -2.37. The molecule has 1 aromatic carbocycles. The van der Waals surface area contributed by atoms with Crippen LogP contribution in [0.2, 0.25) is 0 Å². The summed E-state index contributed by atoms with van der Waals surface area (Å²) in [6, 6.07) is 9.71. The number of nitrogens with zero attached hydrogens (tertiary/aromatic N) is 4. The number of carbonyl (C=O) groups is 1. The van der Waals surface area contributed by atoms with E-state index in [0.29, 0.717) is 5.65 Å². The van der Waals surface area contributed by atoms with Crippen LogP contribution in [-0.4, -0.2) is 31.3 Å². The number of aryl methyl sites for hydroxylation is 2. The monoisotopic (exact) mass is 368 g/mol. The third-order valence-corrected chi connectivity index (χ3v) is 4.22. The molecule has 2 aromatic heterocycles. The topological polar surface area (TPSA) is 88.1 Å². The molecular formula is C19H20N4O4. The maximum absolute atomic E-state index is 12.3. The van der Waals surface area contributed by atoms with Gasteiger partial charge in [-0.1, -0.05) is 36.4 Å². The Balaban J connectivity index is 1.62. The van der Waals surface area contributed by atoms with E-state index >= 15 is 0 Å². The van der Waals surface area contributed by atoms with Gasteiger partial charge in [0.2, 0.25) is 0 Å². The molecule has 0 aliphatic carbocycles. The first-order chi connectivity index (χ1) is 13.0. The summed E-state index contributed by atoms with van der Waals surface area (Å²) in [7, 11) is 2.96. The van der Waals surface area contributed by atoms with Crippen molar-refractivity contribution >= 4 is 23.2 Å². The molecule has 0 N–H and O–H groups in total. The van der Waals surface area contributed by atoms with Gasteiger partial charge in [0.1, 0.15) is 6.61 Å². The summed E-state index contributed by atoms with van der Waals surface area (Å²) in [5.74, 6) is -0.379. The second kappa shape index (κ2) is 7.86. The minimum Gasteiger partial charge on any atom is -0.461 e. The molecule has 0 saturated heterocycles. The summed E-state index contributed by atoms with van der Waals surface area (Å²) in [6.45, 7) is 0.417. The van der Waals surface area contributed by atoms with E-state index in [-0.39, 0.29) is 31.1 Å². The smallest absolute Gasteiger partial charge is 0.332 e. The number of rotatable bonds is 6. The first kappa shape index (κ1) is 18.4. The van der Waals surface area contributed by atoms with Gasteiger partial charge in [0.15, 0.2) is 11.2 Å². The Labute approximate surface area is 154 Å². The van der Waals surface area contributed by atoms with Gasteiger partial charge in [0.25, 0.3) is 5.56 Å². The molecule has 3 rings (SSSR count). The Morgan fingerprint density at radius 1 is 1.15 bits per heavy atom. The molecule has 3 aromatic rings. The molecule has 0 spiro atoms. The van der Waals surface area contributed by atoms with Gasteiger partial charge in [-0.3, -0.25) is 18.7 Å². The van der Waals surface area contributed by atoms with Crippen LogP contribution in [0.15, 0.2) is 52.3 Å². The predicted molar refractivity (Wildman–Crippen MR) is 101 cm³/mol. The highest BCUT2D eigenvalue weighted by Gasteiger charge is 2.14. The molecule has 0 radical (unpaired) electrons. The largest absolute Gasteiger partial charge is 0.461 e. The van der Waals surface area contributed by atoms with Gasteiger partial charge in [-0.2, -0.15) is 0 Å². The minimum atomic E-state index is -0.442. The van der Waals surface area contributed by atoms with Crippen LogP contribution in [0.1, 0.15) is 12.0 Å². The van der Waals surface area contributed by atoms with Crippen LogP contribution < -0.4 is 11.2 Å². The molecule has 0 saturated carbocycles. The fourth-order valence-corrected chi connectivity index (χ4v) is 2.74. The van der Waals surface area contributed by atoms with Gasteiger partial charge in [-0.05, 0) is 11.6 Å². The number of hydrogen-bond acceptors (Lipinski definition) is 5. The number of ether oxygens (including phenoxy) is 1. The number of fused-ring (bicyclic) bond motifs is 1. The summed E-state index contributed by atoms with van der Waals surface area (Å²) < 4.78 is 9.07. The highest BCUT2D eigenvalue weighted by atomic mass is 16.5. The average molecular weight is 368 g/mol. The van der Waals surface area contributed by atoms with Crippen LogP contribution >= 0.6 is 0 Å². The summed E-state index contributed by atoms with van der Waals surface area (Å²) >= 11 is 0. The highest BCUT2D eigenvalue weighted by molar-refractivity contribution is 5.72. The van der Waals surface area contributed by atoms with Crippen molar-refractivity contribution in [3.8, 4) is 0 Å². The molecule has 0 atom stereocenters. The van der Waals surface area contributed by atoms with Crippen molar-refractivity contribution in [3.63, 3.8) is 0 Å². The summed E-state index contributed by atoms with van der Waals surface area (Å²) in [5, 5.41) is 0. The molecule has 0 aliphatic rings. The van der Waals surface area contributed by atoms with E-state index in [1.807, 2.05) is 36.4 Å². The second-order valence-corrected chi connectivity index (χ2v) is 6.06. The molecule has 140 valence electrons. The van der Waals surface area contributed by atoms with E-state index in [1.54, 1.807) is 17.7 Å². The SMILES string of the molecule is Cn1c(=O)c2c(ncn2CCC(=O)OC/C=C/c2ccccc2)n(C)c1=O. The van der Waals surface area contributed by atoms with Crippen LogP contribution in [0.5, 0.6) is 0 Å². The zero-order valence-corrected chi connectivity index (χ0v) is 15.2.